The van der Waals surface area contributed by atoms with Crippen molar-refractivity contribution in [2.75, 3.05) is 6.54 Å². The smallest absolute Gasteiger partial charge is 0.370 e. The number of nitrogens with one attached hydrogen (secondary N) is 1. The summed E-state index contributed by atoms with van der Waals surface area (Å²) < 4.78 is 35.5. The van der Waals surface area contributed by atoms with E-state index in [1.165, 1.54) is 0 Å². The minimum atomic E-state index is -4.06. The van der Waals surface area contributed by atoms with E-state index in [1.807, 2.05) is 6.92 Å². The average Bonchev–Trinajstić information content (AvgIpc) is 2.10. The number of hydrogen-bond donors (Lipinski definition) is 2. The molecule has 0 saturated carbocycles. The molecular formula is C10H19F3N2O. The third-order valence-corrected chi connectivity index (χ3v) is 2.19. The van der Waals surface area contributed by atoms with E-state index in [9.17, 15) is 18.0 Å². The molecule has 3 N–H and O–H groups in total. The van der Waals surface area contributed by atoms with Crippen LogP contribution in [0.4, 0.5) is 13.2 Å². The van der Waals surface area contributed by atoms with Crippen molar-refractivity contribution in [3.63, 3.8) is 0 Å². The number of primary amides is 1. The summed E-state index contributed by atoms with van der Waals surface area (Å²) in [4.78, 5) is 10.4. The quantitative estimate of drug-likeness (QED) is 0.637. The topological polar surface area (TPSA) is 55.1 Å². The zero-order chi connectivity index (χ0) is 12.6. The molecular weight excluding hydrogens is 221 g/mol. The Balaban J connectivity index is 3.38. The van der Waals surface area contributed by atoms with E-state index in [4.69, 9.17) is 5.73 Å². The van der Waals surface area contributed by atoms with E-state index in [0.29, 0.717) is 25.8 Å². The zero-order valence-corrected chi connectivity index (χ0v) is 9.44. The van der Waals surface area contributed by atoms with Gasteiger partial charge in [0.2, 0.25) is 5.91 Å². The summed E-state index contributed by atoms with van der Waals surface area (Å²) in [5, 5.41) is 3.05. The van der Waals surface area contributed by atoms with Crippen molar-refractivity contribution in [3.05, 3.63) is 0 Å². The summed E-state index contributed by atoms with van der Waals surface area (Å²) in [5.74, 6) is -0.355. The van der Waals surface area contributed by atoms with Gasteiger partial charge in [0.15, 0.2) is 0 Å². The summed E-state index contributed by atoms with van der Waals surface area (Å²) in [6.07, 6.45) is -3.25. The first-order valence-corrected chi connectivity index (χ1v) is 5.39. The lowest BCUT2D eigenvalue weighted by Gasteiger charge is -2.13. The van der Waals surface area contributed by atoms with Crippen LogP contribution < -0.4 is 11.1 Å². The van der Waals surface area contributed by atoms with Crippen LogP contribution in [0.5, 0.6) is 0 Å². The van der Waals surface area contributed by atoms with Gasteiger partial charge in [-0.2, -0.15) is 13.2 Å². The molecule has 0 bridgehead atoms. The van der Waals surface area contributed by atoms with Gasteiger partial charge in [-0.05, 0) is 32.7 Å². The van der Waals surface area contributed by atoms with E-state index in [1.54, 1.807) is 0 Å². The Labute approximate surface area is 93.6 Å². The number of hydrogen-bond acceptors (Lipinski definition) is 2. The molecule has 0 aliphatic carbocycles. The van der Waals surface area contributed by atoms with Gasteiger partial charge in [0.05, 0.1) is 0 Å². The fraction of sp³-hybridized carbons (Fsp3) is 0.900. The molecule has 0 fully saturated rings. The highest BCUT2D eigenvalue weighted by Gasteiger charge is 2.26. The van der Waals surface area contributed by atoms with Crippen molar-refractivity contribution in [1.82, 2.24) is 5.32 Å². The second-order valence-electron chi connectivity index (χ2n) is 3.93. The van der Waals surface area contributed by atoms with E-state index < -0.39 is 12.6 Å². The predicted octanol–water partition coefficient (Wildman–Crippen LogP) is 1.96. The van der Waals surface area contributed by atoms with Crippen LogP contribution in [-0.2, 0) is 4.79 Å². The molecule has 0 saturated heterocycles. The Morgan fingerprint density at radius 1 is 1.38 bits per heavy atom. The number of amides is 1. The molecule has 0 heterocycles. The largest absolute Gasteiger partial charge is 0.389 e. The van der Waals surface area contributed by atoms with Gasteiger partial charge in [0.25, 0.3) is 0 Å². The van der Waals surface area contributed by atoms with Crippen LogP contribution in [0.25, 0.3) is 0 Å². The van der Waals surface area contributed by atoms with Gasteiger partial charge in [-0.25, -0.2) is 0 Å². The Kier molecular flexibility index (Phi) is 7.12. The van der Waals surface area contributed by atoms with Crippen LogP contribution in [-0.4, -0.2) is 24.7 Å². The average molecular weight is 240 g/mol. The van der Waals surface area contributed by atoms with Gasteiger partial charge in [-0.3, -0.25) is 4.79 Å². The van der Waals surface area contributed by atoms with Crippen molar-refractivity contribution >= 4 is 5.91 Å². The van der Waals surface area contributed by atoms with Gasteiger partial charge in [0, 0.05) is 18.9 Å². The lowest BCUT2D eigenvalue weighted by atomic mass is 10.1. The number of nitrogens with two attached hydrogens (primary N) is 1. The molecule has 96 valence electrons. The molecule has 0 aliphatic heterocycles. The Hall–Kier alpha value is -0.780. The summed E-state index contributed by atoms with van der Waals surface area (Å²) in [7, 11) is 0. The highest BCUT2D eigenvalue weighted by atomic mass is 19.4. The minimum Gasteiger partial charge on any atom is -0.370 e. The van der Waals surface area contributed by atoms with Gasteiger partial charge in [-0.15, -0.1) is 0 Å². The second-order valence-corrected chi connectivity index (χ2v) is 3.93. The monoisotopic (exact) mass is 240 g/mol. The van der Waals surface area contributed by atoms with Crippen LogP contribution in [0.15, 0.2) is 0 Å². The predicted molar refractivity (Wildman–Crippen MR) is 55.8 cm³/mol. The zero-order valence-electron chi connectivity index (χ0n) is 9.44. The summed E-state index contributed by atoms with van der Waals surface area (Å²) in [5.41, 5.74) is 4.95. The van der Waals surface area contributed by atoms with Crippen LogP contribution in [0.2, 0.25) is 0 Å². The van der Waals surface area contributed by atoms with E-state index in [0.717, 1.165) is 0 Å². The van der Waals surface area contributed by atoms with Crippen LogP contribution >= 0.6 is 0 Å². The molecule has 0 rings (SSSR count). The van der Waals surface area contributed by atoms with Crippen molar-refractivity contribution in [2.24, 2.45) is 5.73 Å². The highest BCUT2D eigenvalue weighted by molar-refractivity contribution is 5.73. The first-order valence-electron chi connectivity index (χ1n) is 5.39. The Morgan fingerprint density at radius 3 is 2.50 bits per heavy atom. The number of carbonyl (C=O) groups is 1. The Bertz CT molecular complexity index is 207. The third-order valence-electron chi connectivity index (χ3n) is 2.19. The molecule has 16 heavy (non-hydrogen) atoms. The second kappa shape index (κ2) is 7.49. The molecule has 0 aromatic heterocycles. The highest BCUT2D eigenvalue weighted by Crippen LogP contribution is 2.22. The molecule has 1 atom stereocenters. The van der Waals surface area contributed by atoms with Crippen molar-refractivity contribution in [3.8, 4) is 0 Å². The molecule has 1 unspecified atom stereocenters. The Morgan fingerprint density at radius 2 is 2.00 bits per heavy atom. The lowest BCUT2D eigenvalue weighted by Crippen LogP contribution is -2.28. The number of rotatable bonds is 8. The molecule has 6 heteroatoms. The lowest BCUT2D eigenvalue weighted by molar-refractivity contribution is -0.135. The first kappa shape index (κ1) is 15.2. The van der Waals surface area contributed by atoms with E-state index in [2.05, 4.69) is 5.32 Å². The number of halogens is 3. The fourth-order valence-electron chi connectivity index (χ4n) is 1.32. The SMILES string of the molecule is CC(CCCC(F)(F)F)NCCCC(N)=O. The van der Waals surface area contributed by atoms with Gasteiger partial charge >= 0.3 is 6.18 Å². The summed E-state index contributed by atoms with van der Waals surface area (Å²) in [6.45, 7) is 2.44. The molecule has 0 radical (unpaired) electrons. The van der Waals surface area contributed by atoms with Gasteiger partial charge in [-0.1, -0.05) is 0 Å². The molecule has 0 spiro atoms. The summed E-state index contributed by atoms with van der Waals surface area (Å²) in [6, 6.07) is 0.0372. The standard InChI is InChI=1S/C10H19F3N2O/c1-8(4-2-6-10(11,12)13)15-7-3-5-9(14)16/h8,15H,2-7H2,1H3,(H2,14,16). The van der Waals surface area contributed by atoms with Crippen LogP contribution in [0.3, 0.4) is 0 Å². The maximum atomic E-state index is 11.8. The van der Waals surface area contributed by atoms with Gasteiger partial charge < -0.3 is 11.1 Å². The van der Waals surface area contributed by atoms with Crippen molar-refractivity contribution < 1.29 is 18.0 Å². The third kappa shape index (κ3) is 11.3. The maximum Gasteiger partial charge on any atom is 0.389 e. The molecule has 0 aromatic rings. The van der Waals surface area contributed by atoms with E-state index in [-0.39, 0.29) is 18.4 Å². The minimum absolute atomic E-state index is 0.0372. The van der Waals surface area contributed by atoms with Crippen molar-refractivity contribution in [1.29, 1.82) is 0 Å². The number of carbonyl (C=O) groups excluding carboxylic acids is 1. The normalized spacial score (nSPS) is 13.8. The molecule has 1 amide bonds. The number of alkyl halides is 3. The first-order chi connectivity index (χ1) is 7.31. The molecule has 0 aliphatic rings. The van der Waals surface area contributed by atoms with Crippen LogP contribution in [0.1, 0.15) is 39.0 Å². The van der Waals surface area contributed by atoms with Gasteiger partial charge in [0.1, 0.15) is 0 Å². The maximum absolute atomic E-state index is 11.8. The van der Waals surface area contributed by atoms with E-state index >= 15 is 0 Å². The molecule has 3 nitrogen and oxygen atoms in total. The molecule has 0 aromatic carbocycles. The fourth-order valence-corrected chi connectivity index (χ4v) is 1.32. The summed E-state index contributed by atoms with van der Waals surface area (Å²) >= 11 is 0. The van der Waals surface area contributed by atoms with Crippen LogP contribution in [0, 0.1) is 0 Å². The van der Waals surface area contributed by atoms with Crippen molar-refractivity contribution in [2.45, 2.75) is 51.2 Å².